The van der Waals surface area contributed by atoms with Crippen LogP contribution in [0, 0.1) is 12.8 Å². The fourth-order valence-electron chi connectivity index (χ4n) is 1.74. The summed E-state index contributed by atoms with van der Waals surface area (Å²) < 4.78 is 5.32. The molecule has 1 aromatic carbocycles. The Morgan fingerprint density at radius 2 is 1.89 bits per heavy atom. The van der Waals surface area contributed by atoms with Gasteiger partial charge in [0.2, 0.25) is 0 Å². The highest BCUT2D eigenvalue weighted by molar-refractivity contribution is 5.75. The van der Waals surface area contributed by atoms with Crippen LogP contribution in [0.5, 0.6) is 0 Å². The SMILES string of the molecule is CNC(CC(C)C)C(=O)OCc1ccc(C)cc1. The molecule has 3 heteroatoms. The Balaban J connectivity index is 2.46. The van der Waals surface area contributed by atoms with Crippen LogP contribution in [-0.4, -0.2) is 19.1 Å². The van der Waals surface area contributed by atoms with E-state index in [1.54, 1.807) is 7.05 Å². The Labute approximate surface area is 110 Å². The molecule has 1 rings (SSSR count). The van der Waals surface area contributed by atoms with Gasteiger partial charge in [0.05, 0.1) is 0 Å². The number of rotatable bonds is 6. The molecular weight excluding hydrogens is 226 g/mol. The Bertz CT molecular complexity index is 371. The highest BCUT2D eigenvalue weighted by atomic mass is 16.5. The van der Waals surface area contributed by atoms with Crippen molar-refractivity contribution < 1.29 is 9.53 Å². The first-order chi connectivity index (χ1) is 8.52. The fraction of sp³-hybridized carbons (Fsp3) is 0.533. The lowest BCUT2D eigenvalue weighted by Gasteiger charge is -2.17. The van der Waals surface area contributed by atoms with Crippen LogP contribution in [0.4, 0.5) is 0 Å². The summed E-state index contributed by atoms with van der Waals surface area (Å²) in [5.41, 5.74) is 2.23. The minimum absolute atomic E-state index is 0.174. The van der Waals surface area contributed by atoms with Crippen LogP contribution in [0.2, 0.25) is 0 Å². The van der Waals surface area contributed by atoms with Crippen molar-refractivity contribution in [3.05, 3.63) is 35.4 Å². The van der Waals surface area contributed by atoms with Gasteiger partial charge in [-0.25, -0.2) is 0 Å². The Hall–Kier alpha value is -1.35. The average molecular weight is 249 g/mol. The topological polar surface area (TPSA) is 38.3 Å². The number of likely N-dealkylation sites (N-methyl/N-ethyl adjacent to an activating group) is 1. The van der Waals surface area contributed by atoms with Gasteiger partial charge < -0.3 is 10.1 Å². The number of carbonyl (C=O) groups excluding carboxylic acids is 1. The van der Waals surface area contributed by atoms with E-state index in [2.05, 4.69) is 19.2 Å². The van der Waals surface area contributed by atoms with Crippen LogP contribution in [0.15, 0.2) is 24.3 Å². The lowest BCUT2D eigenvalue weighted by atomic mass is 10.0. The van der Waals surface area contributed by atoms with Crippen LogP contribution in [-0.2, 0) is 16.1 Å². The maximum absolute atomic E-state index is 11.9. The molecular formula is C15H23NO2. The van der Waals surface area contributed by atoms with Crippen molar-refractivity contribution >= 4 is 5.97 Å². The van der Waals surface area contributed by atoms with Crippen LogP contribution >= 0.6 is 0 Å². The molecule has 3 nitrogen and oxygen atoms in total. The second-order valence-corrected chi connectivity index (χ2v) is 5.06. The van der Waals surface area contributed by atoms with Crippen molar-refractivity contribution in [1.82, 2.24) is 5.32 Å². The quantitative estimate of drug-likeness (QED) is 0.788. The summed E-state index contributed by atoms with van der Waals surface area (Å²) >= 11 is 0. The first-order valence-electron chi connectivity index (χ1n) is 6.42. The summed E-state index contributed by atoms with van der Waals surface area (Å²) in [4.78, 5) is 11.9. The molecule has 18 heavy (non-hydrogen) atoms. The molecule has 0 aliphatic heterocycles. The number of carbonyl (C=O) groups is 1. The number of ether oxygens (including phenoxy) is 1. The minimum Gasteiger partial charge on any atom is -0.460 e. The van der Waals surface area contributed by atoms with Gasteiger partial charge in [0.25, 0.3) is 0 Å². The van der Waals surface area contributed by atoms with E-state index in [9.17, 15) is 4.79 Å². The Morgan fingerprint density at radius 1 is 1.28 bits per heavy atom. The third-order valence-corrected chi connectivity index (χ3v) is 2.84. The van der Waals surface area contributed by atoms with Gasteiger partial charge in [-0.05, 0) is 31.9 Å². The molecule has 1 aromatic rings. The Kier molecular flexibility index (Phi) is 5.86. The summed E-state index contributed by atoms with van der Waals surface area (Å²) in [6.45, 7) is 6.57. The van der Waals surface area contributed by atoms with E-state index >= 15 is 0 Å². The van der Waals surface area contributed by atoms with E-state index in [1.807, 2.05) is 31.2 Å². The molecule has 1 N–H and O–H groups in total. The van der Waals surface area contributed by atoms with E-state index in [0.29, 0.717) is 12.5 Å². The van der Waals surface area contributed by atoms with Crippen molar-refractivity contribution in [1.29, 1.82) is 0 Å². The summed E-state index contributed by atoms with van der Waals surface area (Å²) in [5.74, 6) is 0.293. The number of esters is 1. The van der Waals surface area contributed by atoms with Crippen molar-refractivity contribution in [2.24, 2.45) is 5.92 Å². The van der Waals surface area contributed by atoms with E-state index < -0.39 is 0 Å². The monoisotopic (exact) mass is 249 g/mol. The lowest BCUT2D eigenvalue weighted by Crippen LogP contribution is -2.36. The molecule has 0 radical (unpaired) electrons. The number of hydrogen-bond acceptors (Lipinski definition) is 3. The second-order valence-electron chi connectivity index (χ2n) is 5.06. The predicted molar refractivity (Wildman–Crippen MR) is 73.3 cm³/mol. The van der Waals surface area contributed by atoms with Gasteiger partial charge in [0, 0.05) is 0 Å². The van der Waals surface area contributed by atoms with E-state index in [0.717, 1.165) is 12.0 Å². The highest BCUT2D eigenvalue weighted by Gasteiger charge is 2.19. The van der Waals surface area contributed by atoms with Crippen molar-refractivity contribution in [2.75, 3.05) is 7.05 Å². The van der Waals surface area contributed by atoms with Gasteiger partial charge in [-0.3, -0.25) is 4.79 Å². The van der Waals surface area contributed by atoms with Gasteiger partial charge >= 0.3 is 5.97 Å². The van der Waals surface area contributed by atoms with E-state index in [4.69, 9.17) is 4.74 Å². The molecule has 0 aliphatic carbocycles. The second kappa shape index (κ2) is 7.17. The molecule has 0 saturated carbocycles. The fourth-order valence-corrected chi connectivity index (χ4v) is 1.74. The maximum atomic E-state index is 11.9. The Morgan fingerprint density at radius 3 is 2.39 bits per heavy atom. The summed E-state index contributed by atoms with van der Waals surface area (Å²) in [5, 5.41) is 3.00. The molecule has 100 valence electrons. The van der Waals surface area contributed by atoms with Crippen LogP contribution in [0.1, 0.15) is 31.4 Å². The largest absolute Gasteiger partial charge is 0.460 e. The molecule has 0 heterocycles. The smallest absolute Gasteiger partial charge is 0.323 e. The maximum Gasteiger partial charge on any atom is 0.323 e. The van der Waals surface area contributed by atoms with E-state index in [-0.39, 0.29) is 12.0 Å². The predicted octanol–water partition coefficient (Wildman–Crippen LogP) is 2.67. The van der Waals surface area contributed by atoms with Crippen molar-refractivity contribution in [2.45, 2.75) is 39.8 Å². The zero-order valence-corrected chi connectivity index (χ0v) is 11.7. The molecule has 0 bridgehead atoms. The molecule has 0 aromatic heterocycles. The summed E-state index contributed by atoms with van der Waals surface area (Å²) in [7, 11) is 1.79. The summed E-state index contributed by atoms with van der Waals surface area (Å²) in [6.07, 6.45) is 0.795. The number of aryl methyl sites for hydroxylation is 1. The van der Waals surface area contributed by atoms with Gasteiger partial charge in [-0.15, -0.1) is 0 Å². The average Bonchev–Trinajstić information content (AvgIpc) is 2.34. The van der Waals surface area contributed by atoms with E-state index in [1.165, 1.54) is 5.56 Å². The molecule has 0 saturated heterocycles. The number of nitrogens with one attached hydrogen (secondary N) is 1. The third-order valence-electron chi connectivity index (χ3n) is 2.84. The number of hydrogen-bond donors (Lipinski definition) is 1. The standard InChI is InChI=1S/C15H23NO2/c1-11(2)9-14(16-4)15(17)18-10-13-7-5-12(3)6-8-13/h5-8,11,14,16H,9-10H2,1-4H3. The van der Waals surface area contributed by atoms with Gasteiger partial charge in [0.15, 0.2) is 0 Å². The van der Waals surface area contributed by atoms with Gasteiger partial charge in [-0.1, -0.05) is 43.7 Å². The van der Waals surface area contributed by atoms with Crippen LogP contribution < -0.4 is 5.32 Å². The molecule has 0 aliphatic rings. The first kappa shape index (κ1) is 14.7. The summed E-state index contributed by atoms with van der Waals surface area (Å²) in [6, 6.07) is 7.80. The zero-order valence-electron chi connectivity index (χ0n) is 11.7. The van der Waals surface area contributed by atoms with Gasteiger partial charge in [-0.2, -0.15) is 0 Å². The van der Waals surface area contributed by atoms with Crippen LogP contribution in [0.3, 0.4) is 0 Å². The third kappa shape index (κ3) is 4.88. The van der Waals surface area contributed by atoms with Crippen molar-refractivity contribution in [3.63, 3.8) is 0 Å². The molecule has 1 atom stereocenters. The highest BCUT2D eigenvalue weighted by Crippen LogP contribution is 2.09. The molecule has 0 spiro atoms. The van der Waals surface area contributed by atoms with Crippen molar-refractivity contribution in [3.8, 4) is 0 Å². The lowest BCUT2D eigenvalue weighted by molar-refractivity contribution is -0.147. The zero-order chi connectivity index (χ0) is 13.5. The first-order valence-corrected chi connectivity index (χ1v) is 6.42. The number of benzene rings is 1. The van der Waals surface area contributed by atoms with Gasteiger partial charge in [0.1, 0.15) is 12.6 Å². The minimum atomic E-state index is -0.213. The normalized spacial score (nSPS) is 12.5. The molecule has 1 unspecified atom stereocenters. The molecule has 0 fully saturated rings. The van der Waals surface area contributed by atoms with Crippen LogP contribution in [0.25, 0.3) is 0 Å². The molecule has 0 amide bonds.